The highest BCUT2D eigenvalue weighted by atomic mass is 35.5. The van der Waals surface area contributed by atoms with Crippen molar-refractivity contribution in [2.45, 2.75) is 65.2 Å². The number of hydrogen-bond acceptors (Lipinski definition) is 5. The van der Waals surface area contributed by atoms with Gasteiger partial charge in [0.05, 0.1) is 15.7 Å². The van der Waals surface area contributed by atoms with Crippen LogP contribution < -0.4 is 11.1 Å². The van der Waals surface area contributed by atoms with Gasteiger partial charge in [0, 0.05) is 6.42 Å². The van der Waals surface area contributed by atoms with Crippen molar-refractivity contribution in [2.24, 2.45) is 0 Å². The van der Waals surface area contributed by atoms with Gasteiger partial charge in [-0.1, -0.05) is 23.2 Å². The monoisotopic (exact) mass is 404 g/mol. The van der Waals surface area contributed by atoms with E-state index in [1.165, 1.54) is 0 Å². The second-order valence-electron chi connectivity index (χ2n) is 7.91. The fraction of sp³-hybridized carbons (Fsp3) is 0.556. The minimum Gasteiger partial charge on any atom is -0.458 e. The lowest BCUT2D eigenvalue weighted by Gasteiger charge is -2.26. The van der Waals surface area contributed by atoms with E-state index in [0.29, 0.717) is 5.56 Å². The summed E-state index contributed by atoms with van der Waals surface area (Å²) < 4.78 is 10.6. The van der Waals surface area contributed by atoms with Gasteiger partial charge < -0.3 is 20.5 Å². The Hall–Kier alpha value is -1.66. The first-order valence-corrected chi connectivity index (χ1v) is 8.89. The molecule has 0 fully saturated rings. The van der Waals surface area contributed by atoms with Crippen LogP contribution in [0.25, 0.3) is 0 Å². The molecular weight excluding hydrogens is 379 g/mol. The quantitative estimate of drug-likeness (QED) is 0.574. The van der Waals surface area contributed by atoms with E-state index in [9.17, 15) is 9.59 Å². The number of nitrogens with two attached hydrogens (primary N) is 1. The number of nitrogen functional groups attached to an aromatic ring is 1. The SMILES string of the molecule is CC(C)(C)OC(=O)N[C@@H](Cc1cc(Cl)c(N)c(Cl)c1)C(=O)OC(C)(C)C. The number of nitrogens with one attached hydrogen (secondary N) is 1. The lowest BCUT2D eigenvalue weighted by molar-refractivity contribution is -0.157. The third kappa shape index (κ3) is 7.70. The van der Waals surface area contributed by atoms with Gasteiger partial charge >= 0.3 is 12.1 Å². The van der Waals surface area contributed by atoms with E-state index in [-0.39, 0.29) is 22.2 Å². The summed E-state index contributed by atoms with van der Waals surface area (Å²) >= 11 is 12.1. The summed E-state index contributed by atoms with van der Waals surface area (Å²) in [7, 11) is 0. The Morgan fingerprint density at radius 3 is 1.92 bits per heavy atom. The molecule has 6 nitrogen and oxygen atoms in total. The summed E-state index contributed by atoms with van der Waals surface area (Å²) in [4.78, 5) is 24.6. The molecule has 0 aliphatic rings. The molecule has 1 atom stereocenters. The first-order chi connectivity index (χ1) is 11.7. The molecule has 1 aromatic rings. The van der Waals surface area contributed by atoms with Crippen LogP contribution in [0, 0.1) is 0 Å². The Bertz CT molecular complexity index is 656. The van der Waals surface area contributed by atoms with E-state index in [1.807, 2.05) is 0 Å². The molecule has 1 amide bonds. The summed E-state index contributed by atoms with van der Waals surface area (Å²) in [6.45, 7) is 10.4. The number of hydrogen-bond donors (Lipinski definition) is 2. The van der Waals surface area contributed by atoms with Crippen LogP contribution in [-0.2, 0) is 20.7 Å². The van der Waals surface area contributed by atoms with Crippen LogP contribution >= 0.6 is 23.2 Å². The molecule has 0 saturated heterocycles. The van der Waals surface area contributed by atoms with E-state index in [1.54, 1.807) is 53.7 Å². The summed E-state index contributed by atoms with van der Waals surface area (Å²) in [5.41, 5.74) is 5.21. The van der Waals surface area contributed by atoms with E-state index in [2.05, 4.69) is 5.32 Å². The smallest absolute Gasteiger partial charge is 0.408 e. The first-order valence-electron chi connectivity index (χ1n) is 8.14. The molecular formula is C18H26Cl2N2O4. The molecule has 26 heavy (non-hydrogen) atoms. The molecule has 146 valence electrons. The molecule has 3 N–H and O–H groups in total. The van der Waals surface area contributed by atoms with Crippen LogP contribution in [0.1, 0.15) is 47.1 Å². The van der Waals surface area contributed by atoms with E-state index >= 15 is 0 Å². The first kappa shape index (κ1) is 22.4. The van der Waals surface area contributed by atoms with E-state index < -0.39 is 29.3 Å². The molecule has 0 aliphatic heterocycles. The second kappa shape index (κ2) is 8.35. The topological polar surface area (TPSA) is 90.6 Å². The Labute approximate surface area is 164 Å². The third-order valence-electron chi connectivity index (χ3n) is 2.96. The van der Waals surface area contributed by atoms with Gasteiger partial charge in [-0.15, -0.1) is 0 Å². The summed E-state index contributed by atoms with van der Waals surface area (Å²) in [6, 6.07) is 2.22. The Balaban J connectivity index is 3.04. The number of benzene rings is 1. The van der Waals surface area contributed by atoms with Gasteiger partial charge in [-0.05, 0) is 59.2 Å². The molecule has 0 saturated carbocycles. The lowest BCUT2D eigenvalue weighted by atomic mass is 10.0. The molecule has 0 bridgehead atoms. The normalized spacial score (nSPS) is 13.1. The van der Waals surface area contributed by atoms with Crippen LogP contribution in [0.15, 0.2) is 12.1 Å². The number of alkyl carbamates (subject to hydrolysis) is 1. The zero-order chi connectivity index (χ0) is 20.3. The van der Waals surface area contributed by atoms with Crippen molar-refractivity contribution < 1.29 is 19.1 Å². The molecule has 1 rings (SSSR count). The zero-order valence-corrected chi connectivity index (χ0v) is 17.4. The zero-order valence-electron chi connectivity index (χ0n) is 15.9. The second-order valence-corrected chi connectivity index (χ2v) is 8.72. The van der Waals surface area contributed by atoms with Crippen LogP contribution in [-0.4, -0.2) is 29.3 Å². The molecule has 0 aromatic heterocycles. The number of amides is 1. The molecule has 0 spiro atoms. The number of esters is 1. The highest BCUT2D eigenvalue weighted by molar-refractivity contribution is 6.38. The maximum atomic E-state index is 12.5. The predicted molar refractivity (Wildman–Crippen MR) is 104 cm³/mol. The number of ether oxygens (including phenoxy) is 2. The van der Waals surface area contributed by atoms with Crippen molar-refractivity contribution in [1.82, 2.24) is 5.32 Å². The Morgan fingerprint density at radius 1 is 1.04 bits per heavy atom. The highest BCUT2D eigenvalue weighted by Gasteiger charge is 2.29. The largest absolute Gasteiger partial charge is 0.458 e. The van der Waals surface area contributed by atoms with Crippen LogP contribution in [0.5, 0.6) is 0 Å². The fourth-order valence-electron chi connectivity index (χ4n) is 2.01. The number of carbonyl (C=O) groups excluding carboxylic acids is 2. The molecule has 1 aromatic carbocycles. The van der Waals surface area contributed by atoms with Gasteiger partial charge in [0.2, 0.25) is 0 Å². The van der Waals surface area contributed by atoms with Gasteiger partial charge in [0.25, 0.3) is 0 Å². The van der Waals surface area contributed by atoms with Crippen LogP contribution in [0.4, 0.5) is 10.5 Å². The maximum absolute atomic E-state index is 12.5. The van der Waals surface area contributed by atoms with Gasteiger partial charge in [-0.3, -0.25) is 0 Å². The van der Waals surface area contributed by atoms with Gasteiger partial charge in [0.1, 0.15) is 17.2 Å². The molecule has 0 aliphatic carbocycles. The van der Waals surface area contributed by atoms with Gasteiger partial charge in [-0.2, -0.15) is 0 Å². The number of carbonyl (C=O) groups is 2. The standard InChI is InChI=1S/C18H26Cl2N2O4/c1-17(2,3)25-15(23)13(22-16(24)26-18(4,5)6)9-10-7-11(19)14(21)12(20)8-10/h7-8,13H,9,21H2,1-6H3,(H,22,24)/t13-/m0/s1. The van der Waals surface area contributed by atoms with Crippen molar-refractivity contribution in [2.75, 3.05) is 5.73 Å². The summed E-state index contributed by atoms with van der Waals surface area (Å²) in [5.74, 6) is -0.590. The molecule has 0 unspecified atom stereocenters. The van der Waals surface area contributed by atoms with E-state index in [4.69, 9.17) is 38.4 Å². The number of anilines is 1. The Kier molecular flexibility index (Phi) is 7.19. The van der Waals surface area contributed by atoms with Crippen LogP contribution in [0.3, 0.4) is 0 Å². The minimum atomic E-state index is -0.972. The Morgan fingerprint density at radius 2 is 1.50 bits per heavy atom. The van der Waals surface area contributed by atoms with Crippen LogP contribution in [0.2, 0.25) is 10.0 Å². The van der Waals surface area contributed by atoms with Gasteiger partial charge in [-0.25, -0.2) is 9.59 Å². The van der Waals surface area contributed by atoms with Crippen molar-refractivity contribution in [3.8, 4) is 0 Å². The van der Waals surface area contributed by atoms with E-state index in [0.717, 1.165) is 0 Å². The van der Waals surface area contributed by atoms with Crippen molar-refractivity contribution in [1.29, 1.82) is 0 Å². The predicted octanol–water partition coefficient (Wildman–Crippen LogP) is 4.35. The van der Waals surface area contributed by atoms with Crippen molar-refractivity contribution in [3.63, 3.8) is 0 Å². The van der Waals surface area contributed by atoms with Crippen molar-refractivity contribution in [3.05, 3.63) is 27.7 Å². The third-order valence-corrected chi connectivity index (χ3v) is 3.59. The lowest BCUT2D eigenvalue weighted by Crippen LogP contribution is -2.47. The molecule has 8 heteroatoms. The molecule has 0 radical (unpaired) electrons. The minimum absolute atomic E-state index is 0.119. The highest BCUT2D eigenvalue weighted by Crippen LogP contribution is 2.29. The maximum Gasteiger partial charge on any atom is 0.408 e. The summed E-state index contributed by atoms with van der Waals surface area (Å²) in [5, 5.41) is 3.09. The number of rotatable bonds is 4. The average molecular weight is 405 g/mol. The summed E-state index contributed by atoms with van der Waals surface area (Å²) in [6.07, 6.45) is -0.602. The van der Waals surface area contributed by atoms with Gasteiger partial charge in [0.15, 0.2) is 0 Å². The number of halogens is 2. The molecule has 0 heterocycles. The average Bonchev–Trinajstić information content (AvgIpc) is 2.40. The van der Waals surface area contributed by atoms with Crippen molar-refractivity contribution >= 4 is 41.0 Å². The fourth-order valence-corrected chi connectivity index (χ4v) is 2.54.